The largest absolute Gasteiger partial charge is 0.393 e. The number of aromatic nitrogens is 2. The van der Waals surface area contributed by atoms with Crippen LogP contribution in [0.5, 0.6) is 0 Å². The number of rotatable bonds is 3. The van der Waals surface area contributed by atoms with Gasteiger partial charge >= 0.3 is 5.69 Å². The summed E-state index contributed by atoms with van der Waals surface area (Å²) in [6.45, 7) is -0.614. The second-order valence-corrected chi connectivity index (χ2v) is 5.19. The van der Waals surface area contributed by atoms with Crippen LogP contribution < -0.4 is 11.4 Å². The molecule has 0 amide bonds. The van der Waals surface area contributed by atoms with Crippen LogP contribution in [0, 0.1) is 5.82 Å². The van der Waals surface area contributed by atoms with Crippen molar-refractivity contribution in [2.24, 2.45) is 0 Å². The summed E-state index contributed by atoms with van der Waals surface area (Å²) in [7, 11) is 0. The lowest BCUT2D eigenvalue weighted by Crippen LogP contribution is -2.47. The molecule has 1 aliphatic heterocycles. The molecule has 0 aromatic carbocycles. The Kier molecular flexibility index (Phi) is 4.22. The molecule has 112 valence electrons. The van der Waals surface area contributed by atoms with Crippen LogP contribution in [0.2, 0.25) is 0 Å². The molecular formula is C10H12Cl2FN3O4. The van der Waals surface area contributed by atoms with E-state index in [9.17, 15) is 19.4 Å². The molecule has 1 saturated heterocycles. The predicted octanol–water partition coefficient (Wildman–Crippen LogP) is -0.568. The monoisotopic (exact) mass is 327 g/mol. The summed E-state index contributed by atoms with van der Waals surface area (Å²) >= 11 is 11.7. The number of hydrogen-bond acceptors (Lipinski definition) is 6. The van der Waals surface area contributed by atoms with Crippen LogP contribution in [-0.4, -0.2) is 49.3 Å². The number of anilines is 1. The van der Waals surface area contributed by atoms with Gasteiger partial charge in [0.25, 0.3) is 0 Å². The zero-order chi connectivity index (χ0) is 15.1. The summed E-state index contributed by atoms with van der Waals surface area (Å²) in [6.07, 6.45) is -1.80. The van der Waals surface area contributed by atoms with Gasteiger partial charge in [-0.1, -0.05) is 0 Å². The van der Waals surface area contributed by atoms with Crippen molar-refractivity contribution in [1.82, 2.24) is 9.55 Å². The van der Waals surface area contributed by atoms with Crippen molar-refractivity contribution >= 4 is 29.0 Å². The molecule has 4 N–H and O–H groups in total. The van der Waals surface area contributed by atoms with Crippen molar-refractivity contribution in [2.75, 3.05) is 18.2 Å². The van der Waals surface area contributed by atoms with Crippen LogP contribution in [0.25, 0.3) is 0 Å². The Bertz CT molecular complexity index is 566. The fourth-order valence-corrected chi connectivity index (χ4v) is 2.66. The van der Waals surface area contributed by atoms with E-state index < -0.39 is 47.2 Å². The van der Waals surface area contributed by atoms with Crippen molar-refractivity contribution in [1.29, 1.82) is 0 Å². The minimum absolute atomic E-state index is 0.260. The first-order chi connectivity index (χ1) is 9.36. The van der Waals surface area contributed by atoms with Gasteiger partial charge in [-0.25, -0.2) is 9.18 Å². The van der Waals surface area contributed by atoms with E-state index in [0.29, 0.717) is 0 Å². The molecule has 0 spiro atoms. The zero-order valence-corrected chi connectivity index (χ0v) is 11.6. The van der Waals surface area contributed by atoms with Crippen LogP contribution in [-0.2, 0) is 4.74 Å². The molecule has 1 aromatic heterocycles. The van der Waals surface area contributed by atoms with Crippen LogP contribution in [0.3, 0.4) is 0 Å². The second-order valence-electron chi connectivity index (χ2n) is 4.42. The summed E-state index contributed by atoms with van der Waals surface area (Å²) in [5.41, 5.74) is 2.75. The summed E-state index contributed by atoms with van der Waals surface area (Å²) in [5, 5.41) is 18.2. The van der Waals surface area contributed by atoms with Gasteiger partial charge < -0.3 is 20.7 Å². The third-order valence-corrected chi connectivity index (χ3v) is 4.08. The first kappa shape index (κ1) is 15.5. The minimum atomic E-state index is -1.53. The molecule has 4 atom stereocenters. The van der Waals surface area contributed by atoms with E-state index in [2.05, 4.69) is 4.98 Å². The standard InChI is InChI=1S/C10H12Cl2FN3O4/c11-2-10(3-17)6(18)5(12)8(20-10)16-1-4(13)7(14)15-9(16)19/h1,5-6,8,17-18H,2-3H2,(H2,14,15,19)/t5-,6-,8+,10+/m0/s1. The number of nitrogen functional groups attached to an aromatic ring is 1. The number of nitrogens with two attached hydrogens (primary N) is 1. The van der Waals surface area contributed by atoms with Gasteiger partial charge in [0, 0.05) is 0 Å². The molecular weight excluding hydrogens is 316 g/mol. The average Bonchev–Trinajstić information content (AvgIpc) is 2.68. The molecule has 0 bridgehead atoms. The molecule has 2 heterocycles. The number of ether oxygens (including phenoxy) is 1. The quantitative estimate of drug-likeness (QED) is 0.641. The van der Waals surface area contributed by atoms with Crippen molar-refractivity contribution in [3.63, 3.8) is 0 Å². The number of nitrogens with zero attached hydrogens (tertiary/aromatic N) is 2. The molecule has 0 radical (unpaired) electrons. The minimum Gasteiger partial charge on any atom is -0.393 e. The van der Waals surface area contributed by atoms with E-state index in [1.165, 1.54) is 0 Å². The first-order valence-electron chi connectivity index (χ1n) is 5.57. The van der Waals surface area contributed by atoms with Crippen molar-refractivity contribution < 1.29 is 19.3 Å². The summed E-state index contributed by atoms with van der Waals surface area (Å²) in [6, 6.07) is 0. The zero-order valence-electron chi connectivity index (χ0n) is 10.0. The fourth-order valence-electron chi connectivity index (χ4n) is 1.96. The summed E-state index contributed by atoms with van der Waals surface area (Å²) in [5.74, 6) is -1.75. The van der Waals surface area contributed by atoms with Crippen LogP contribution >= 0.6 is 23.2 Å². The fraction of sp³-hybridized carbons (Fsp3) is 0.600. The Labute approximate surface area is 122 Å². The second kappa shape index (κ2) is 5.45. The van der Waals surface area contributed by atoms with E-state index in [1.807, 2.05) is 0 Å². The third kappa shape index (κ3) is 2.27. The highest BCUT2D eigenvalue weighted by Gasteiger charge is 2.54. The van der Waals surface area contributed by atoms with E-state index >= 15 is 0 Å². The van der Waals surface area contributed by atoms with E-state index in [1.54, 1.807) is 0 Å². The van der Waals surface area contributed by atoms with Gasteiger partial charge in [0.1, 0.15) is 17.1 Å². The smallest absolute Gasteiger partial charge is 0.351 e. The molecule has 1 fully saturated rings. The predicted molar refractivity (Wildman–Crippen MR) is 69.2 cm³/mol. The molecule has 10 heteroatoms. The maximum absolute atomic E-state index is 13.4. The van der Waals surface area contributed by atoms with Gasteiger partial charge in [0.05, 0.1) is 18.7 Å². The SMILES string of the molecule is Nc1nc(=O)n([C@@H]2O[C@@](CO)(CCl)[C@@H](O)[C@@H]2Cl)cc1F. The number of aliphatic hydroxyl groups is 2. The average molecular weight is 328 g/mol. The number of aliphatic hydroxyl groups excluding tert-OH is 2. The highest BCUT2D eigenvalue weighted by atomic mass is 35.5. The van der Waals surface area contributed by atoms with Gasteiger partial charge in [0.15, 0.2) is 17.9 Å². The maximum atomic E-state index is 13.4. The molecule has 0 aliphatic carbocycles. The summed E-state index contributed by atoms with van der Waals surface area (Å²) in [4.78, 5) is 15.0. The molecule has 2 rings (SSSR count). The van der Waals surface area contributed by atoms with Gasteiger partial charge in [-0.15, -0.1) is 23.2 Å². The first-order valence-corrected chi connectivity index (χ1v) is 6.54. The Morgan fingerprint density at radius 3 is 2.80 bits per heavy atom. The normalized spacial score (nSPS) is 33.5. The van der Waals surface area contributed by atoms with E-state index in [-0.39, 0.29) is 5.88 Å². The van der Waals surface area contributed by atoms with Crippen molar-refractivity contribution in [3.8, 4) is 0 Å². The Morgan fingerprint density at radius 1 is 1.65 bits per heavy atom. The number of halogens is 3. The molecule has 7 nitrogen and oxygen atoms in total. The van der Waals surface area contributed by atoms with Crippen LogP contribution in [0.15, 0.2) is 11.0 Å². The molecule has 0 unspecified atom stereocenters. The van der Waals surface area contributed by atoms with E-state index in [4.69, 9.17) is 33.7 Å². The third-order valence-electron chi connectivity index (χ3n) is 3.17. The van der Waals surface area contributed by atoms with Gasteiger partial charge in [0.2, 0.25) is 0 Å². The Balaban J connectivity index is 2.45. The Hall–Kier alpha value is -0.930. The van der Waals surface area contributed by atoms with Gasteiger partial charge in [-0.3, -0.25) is 4.57 Å². The van der Waals surface area contributed by atoms with Crippen LogP contribution in [0.1, 0.15) is 6.23 Å². The molecule has 1 aliphatic rings. The highest BCUT2D eigenvalue weighted by molar-refractivity contribution is 6.22. The molecule has 20 heavy (non-hydrogen) atoms. The topological polar surface area (TPSA) is 111 Å². The lowest BCUT2D eigenvalue weighted by molar-refractivity contribution is -0.114. The van der Waals surface area contributed by atoms with Crippen LogP contribution in [0.4, 0.5) is 10.2 Å². The maximum Gasteiger partial charge on any atom is 0.351 e. The molecule has 0 saturated carbocycles. The lowest BCUT2D eigenvalue weighted by atomic mass is 10.00. The van der Waals surface area contributed by atoms with Crippen molar-refractivity contribution in [3.05, 3.63) is 22.5 Å². The molecule has 1 aromatic rings. The van der Waals surface area contributed by atoms with Gasteiger partial charge in [-0.05, 0) is 0 Å². The highest BCUT2D eigenvalue weighted by Crippen LogP contribution is 2.40. The van der Waals surface area contributed by atoms with E-state index in [0.717, 1.165) is 10.8 Å². The Morgan fingerprint density at radius 2 is 2.30 bits per heavy atom. The van der Waals surface area contributed by atoms with Gasteiger partial charge in [-0.2, -0.15) is 4.98 Å². The number of hydrogen-bond donors (Lipinski definition) is 3. The lowest BCUT2D eigenvalue weighted by Gasteiger charge is -2.27. The summed E-state index contributed by atoms with van der Waals surface area (Å²) < 4.78 is 19.6. The number of alkyl halides is 2. The van der Waals surface area contributed by atoms with Crippen molar-refractivity contribution in [2.45, 2.75) is 23.3 Å².